The van der Waals surface area contributed by atoms with Crippen molar-refractivity contribution in [1.29, 1.82) is 0 Å². The van der Waals surface area contributed by atoms with Crippen molar-refractivity contribution in [2.75, 3.05) is 0 Å². The van der Waals surface area contributed by atoms with Crippen molar-refractivity contribution in [3.8, 4) is 0 Å². The molecule has 0 aliphatic carbocycles. The molecule has 0 aromatic heterocycles. The molecule has 7 atom stereocenters. The summed E-state index contributed by atoms with van der Waals surface area (Å²) >= 11 is 0. The van der Waals surface area contributed by atoms with Gasteiger partial charge in [-0.25, -0.2) is 0 Å². The summed E-state index contributed by atoms with van der Waals surface area (Å²) in [4.78, 5) is 11.7. The Morgan fingerprint density at radius 1 is 1.11 bits per heavy atom. The van der Waals surface area contributed by atoms with Gasteiger partial charge in [0.05, 0.1) is 24.2 Å². The first kappa shape index (κ1) is 15.4. The highest BCUT2D eigenvalue weighted by Gasteiger charge is 2.49. The second-order valence-corrected chi connectivity index (χ2v) is 5.40. The van der Waals surface area contributed by atoms with Gasteiger partial charge in [-0.15, -0.1) is 0 Å². The van der Waals surface area contributed by atoms with Gasteiger partial charge in [-0.2, -0.15) is 0 Å². The fourth-order valence-corrected chi connectivity index (χ4v) is 2.32. The smallest absolute Gasteiger partial charge is 0.311 e. The number of carbonyl (C=O) groups is 1. The summed E-state index contributed by atoms with van der Waals surface area (Å²) in [7, 11) is 0. The maximum absolute atomic E-state index is 11.7. The van der Waals surface area contributed by atoms with Crippen molar-refractivity contribution >= 4 is 5.97 Å². The molecule has 18 heavy (non-hydrogen) atoms. The van der Waals surface area contributed by atoms with Crippen molar-refractivity contribution < 1.29 is 30.0 Å². The molecule has 1 aliphatic rings. The first-order chi connectivity index (χ1) is 8.10. The van der Waals surface area contributed by atoms with Crippen LogP contribution in [0.2, 0.25) is 0 Å². The van der Waals surface area contributed by atoms with Crippen LogP contribution in [0.15, 0.2) is 0 Å². The standard InChI is InChI=1S/C12H22O6/c1-5-8(13)7(3)18-11(16)6(2)10(15)12(4,17)9(5)14/h5-10,13-15,17H,1-4H3/t5-,6-,7+,8-,9+,10-,12-/m1/s1. The minimum absolute atomic E-state index is 0.712. The zero-order valence-corrected chi connectivity index (χ0v) is 11.1. The molecule has 6 nitrogen and oxygen atoms in total. The first-order valence-electron chi connectivity index (χ1n) is 6.07. The van der Waals surface area contributed by atoms with Crippen molar-refractivity contribution in [3.05, 3.63) is 0 Å². The molecule has 4 N–H and O–H groups in total. The monoisotopic (exact) mass is 262 g/mol. The van der Waals surface area contributed by atoms with Gasteiger partial charge in [0.15, 0.2) is 0 Å². The van der Waals surface area contributed by atoms with Crippen LogP contribution in [0.25, 0.3) is 0 Å². The summed E-state index contributed by atoms with van der Waals surface area (Å²) in [5.74, 6) is -2.45. The molecule has 0 radical (unpaired) electrons. The summed E-state index contributed by atoms with van der Waals surface area (Å²) in [5, 5.41) is 40.2. The Morgan fingerprint density at radius 2 is 1.61 bits per heavy atom. The summed E-state index contributed by atoms with van der Waals surface area (Å²) in [6.07, 6.45) is -4.78. The van der Waals surface area contributed by atoms with E-state index in [1.165, 1.54) is 27.7 Å². The van der Waals surface area contributed by atoms with Crippen LogP contribution >= 0.6 is 0 Å². The maximum atomic E-state index is 11.7. The van der Waals surface area contributed by atoms with Crippen molar-refractivity contribution in [1.82, 2.24) is 0 Å². The Balaban J connectivity index is 3.16. The lowest BCUT2D eigenvalue weighted by atomic mass is 9.78. The molecule has 0 spiro atoms. The highest BCUT2D eigenvalue weighted by Crippen LogP contribution is 2.31. The summed E-state index contributed by atoms with van der Waals surface area (Å²) < 4.78 is 5.01. The molecule has 1 heterocycles. The average Bonchev–Trinajstić information content (AvgIpc) is 2.33. The van der Waals surface area contributed by atoms with Gasteiger partial charge in [0.2, 0.25) is 0 Å². The SMILES string of the molecule is C[C@@H]1[C@@H](O)[C@H](C)OC(=O)[C@H](C)[C@@H](O)[C@](C)(O)[C@H]1O. The third-order valence-electron chi connectivity index (χ3n) is 3.86. The second kappa shape index (κ2) is 5.13. The lowest BCUT2D eigenvalue weighted by Gasteiger charge is -2.38. The molecular formula is C12H22O6. The molecule has 0 unspecified atom stereocenters. The quantitative estimate of drug-likeness (QED) is 0.419. The molecule has 106 valence electrons. The predicted molar refractivity (Wildman–Crippen MR) is 62.5 cm³/mol. The number of aliphatic hydroxyl groups excluding tert-OH is 3. The number of rotatable bonds is 0. The number of hydrogen-bond donors (Lipinski definition) is 4. The van der Waals surface area contributed by atoms with Crippen LogP contribution < -0.4 is 0 Å². The van der Waals surface area contributed by atoms with E-state index in [1.807, 2.05) is 0 Å². The van der Waals surface area contributed by atoms with Crippen LogP contribution in [0, 0.1) is 11.8 Å². The number of esters is 1. The summed E-state index contributed by atoms with van der Waals surface area (Å²) in [6.45, 7) is 5.68. The minimum Gasteiger partial charge on any atom is -0.460 e. The molecule has 0 aromatic carbocycles. The third-order valence-corrected chi connectivity index (χ3v) is 3.86. The number of cyclic esters (lactones) is 1. The van der Waals surface area contributed by atoms with E-state index in [2.05, 4.69) is 0 Å². The Hall–Kier alpha value is -0.690. The normalized spacial score (nSPS) is 51.0. The molecule has 1 rings (SSSR count). The van der Waals surface area contributed by atoms with Gasteiger partial charge in [-0.05, 0) is 20.8 Å². The van der Waals surface area contributed by atoms with Crippen molar-refractivity contribution in [2.45, 2.75) is 57.7 Å². The van der Waals surface area contributed by atoms with E-state index in [-0.39, 0.29) is 0 Å². The Bertz CT molecular complexity index is 316. The fraction of sp³-hybridized carbons (Fsp3) is 0.917. The van der Waals surface area contributed by atoms with E-state index in [9.17, 15) is 25.2 Å². The van der Waals surface area contributed by atoms with Gasteiger partial charge in [0, 0.05) is 5.92 Å². The zero-order chi connectivity index (χ0) is 14.2. The third kappa shape index (κ3) is 2.51. The van der Waals surface area contributed by atoms with Crippen molar-refractivity contribution in [2.24, 2.45) is 11.8 Å². The largest absolute Gasteiger partial charge is 0.460 e. The molecule has 6 heteroatoms. The molecule has 1 saturated heterocycles. The Labute approximate surface area is 106 Å². The van der Waals surface area contributed by atoms with Crippen LogP contribution in [0.4, 0.5) is 0 Å². The maximum Gasteiger partial charge on any atom is 0.311 e. The minimum atomic E-state index is -1.90. The molecule has 0 bridgehead atoms. The van der Waals surface area contributed by atoms with Gasteiger partial charge >= 0.3 is 5.97 Å². The summed E-state index contributed by atoms with van der Waals surface area (Å²) in [5.41, 5.74) is -1.90. The average molecular weight is 262 g/mol. The molecule has 1 aliphatic heterocycles. The predicted octanol–water partition coefficient (Wildman–Crippen LogP) is -0.962. The highest BCUT2D eigenvalue weighted by molar-refractivity contribution is 5.73. The lowest BCUT2D eigenvalue weighted by Crippen LogP contribution is -2.56. The topological polar surface area (TPSA) is 107 Å². The second-order valence-electron chi connectivity index (χ2n) is 5.40. The summed E-state index contributed by atoms with van der Waals surface area (Å²) in [6, 6.07) is 0. The highest BCUT2D eigenvalue weighted by atomic mass is 16.6. The molecule has 0 saturated carbocycles. The van der Waals surface area contributed by atoms with Crippen LogP contribution in [0.3, 0.4) is 0 Å². The van der Waals surface area contributed by atoms with Crippen molar-refractivity contribution in [3.63, 3.8) is 0 Å². The van der Waals surface area contributed by atoms with Gasteiger partial charge in [0.25, 0.3) is 0 Å². The van der Waals surface area contributed by atoms with Gasteiger partial charge in [-0.3, -0.25) is 4.79 Å². The zero-order valence-electron chi connectivity index (χ0n) is 11.1. The van der Waals surface area contributed by atoms with E-state index in [4.69, 9.17) is 4.74 Å². The van der Waals surface area contributed by atoms with E-state index < -0.39 is 47.8 Å². The lowest BCUT2D eigenvalue weighted by molar-refractivity contribution is -0.176. The van der Waals surface area contributed by atoms with Crippen LogP contribution in [-0.2, 0) is 9.53 Å². The van der Waals surface area contributed by atoms with E-state index in [0.29, 0.717) is 0 Å². The van der Waals surface area contributed by atoms with Gasteiger partial charge < -0.3 is 25.2 Å². The number of hydrogen-bond acceptors (Lipinski definition) is 6. The van der Waals surface area contributed by atoms with Crippen LogP contribution in [0.1, 0.15) is 27.7 Å². The first-order valence-corrected chi connectivity index (χ1v) is 6.07. The van der Waals surface area contributed by atoms with Gasteiger partial charge in [0.1, 0.15) is 11.7 Å². The Morgan fingerprint density at radius 3 is 2.11 bits per heavy atom. The molecular weight excluding hydrogens is 240 g/mol. The number of aliphatic hydroxyl groups is 4. The van der Waals surface area contributed by atoms with E-state index in [1.54, 1.807) is 0 Å². The van der Waals surface area contributed by atoms with Crippen LogP contribution in [0.5, 0.6) is 0 Å². The van der Waals surface area contributed by atoms with Crippen LogP contribution in [-0.4, -0.2) is 56.4 Å². The fourth-order valence-electron chi connectivity index (χ4n) is 2.32. The van der Waals surface area contributed by atoms with E-state index in [0.717, 1.165) is 0 Å². The number of ether oxygens (including phenoxy) is 1. The molecule has 1 fully saturated rings. The Kier molecular flexibility index (Phi) is 4.38. The molecule has 0 amide bonds. The van der Waals surface area contributed by atoms with E-state index >= 15 is 0 Å². The number of carbonyl (C=O) groups excluding carboxylic acids is 1. The molecule has 0 aromatic rings. The van der Waals surface area contributed by atoms with Gasteiger partial charge in [-0.1, -0.05) is 6.92 Å².